The lowest BCUT2D eigenvalue weighted by Crippen LogP contribution is -2.47. The summed E-state index contributed by atoms with van der Waals surface area (Å²) in [6, 6.07) is 15.1. The highest BCUT2D eigenvalue weighted by Gasteiger charge is 2.16. The fourth-order valence-electron chi connectivity index (χ4n) is 3.15. The van der Waals surface area contributed by atoms with Crippen molar-refractivity contribution in [3.05, 3.63) is 54.1 Å². The monoisotopic (exact) mass is 369 g/mol. The number of hydrogen-bond acceptors (Lipinski definition) is 5. The van der Waals surface area contributed by atoms with Crippen LogP contribution in [0, 0.1) is 0 Å². The quantitative estimate of drug-likeness (QED) is 0.813. The summed E-state index contributed by atoms with van der Waals surface area (Å²) < 4.78 is 10.3. The molecule has 1 aliphatic heterocycles. The average molecular weight is 369 g/mol. The van der Waals surface area contributed by atoms with Crippen molar-refractivity contribution in [2.45, 2.75) is 0 Å². The molecule has 3 rings (SSSR count). The predicted octanol–water partition coefficient (Wildman–Crippen LogP) is 2.72. The molecule has 0 radical (unpaired) electrons. The first kappa shape index (κ1) is 19.2. The van der Waals surface area contributed by atoms with Crippen LogP contribution in [-0.2, 0) is 4.74 Å². The molecule has 27 heavy (non-hydrogen) atoms. The molecule has 1 aliphatic rings. The van der Waals surface area contributed by atoms with Gasteiger partial charge in [-0.2, -0.15) is 0 Å². The van der Waals surface area contributed by atoms with Crippen LogP contribution in [0.2, 0.25) is 0 Å². The van der Waals surface area contributed by atoms with Crippen molar-refractivity contribution in [3.8, 4) is 5.75 Å². The summed E-state index contributed by atoms with van der Waals surface area (Å²) in [5.74, 6) is 0.607. The summed E-state index contributed by atoms with van der Waals surface area (Å²) >= 11 is 0. The predicted molar refractivity (Wildman–Crippen MR) is 108 cm³/mol. The van der Waals surface area contributed by atoms with Gasteiger partial charge in [-0.25, -0.2) is 0 Å². The second kappa shape index (κ2) is 9.39. The molecule has 1 amide bonds. The van der Waals surface area contributed by atoms with Crippen LogP contribution in [-0.4, -0.2) is 64.4 Å². The van der Waals surface area contributed by atoms with Gasteiger partial charge in [0, 0.05) is 56.8 Å². The van der Waals surface area contributed by atoms with Gasteiger partial charge in [-0.3, -0.25) is 9.69 Å². The Morgan fingerprint density at radius 3 is 2.22 bits per heavy atom. The zero-order valence-electron chi connectivity index (χ0n) is 16.0. The van der Waals surface area contributed by atoms with Gasteiger partial charge in [-0.15, -0.1) is 0 Å². The fourth-order valence-corrected chi connectivity index (χ4v) is 3.15. The van der Waals surface area contributed by atoms with E-state index >= 15 is 0 Å². The van der Waals surface area contributed by atoms with Crippen LogP contribution in [0.25, 0.3) is 0 Å². The van der Waals surface area contributed by atoms with E-state index in [9.17, 15) is 4.79 Å². The van der Waals surface area contributed by atoms with E-state index in [0.717, 1.165) is 50.8 Å². The number of nitrogens with one attached hydrogen (secondary N) is 1. The Labute approximate surface area is 160 Å². The Hall–Kier alpha value is -2.57. The lowest BCUT2D eigenvalue weighted by Gasteiger charge is -2.36. The highest BCUT2D eigenvalue weighted by molar-refractivity contribution is 6.04. The number of ether oxygens (including phenoxy) is 2. The first-order chi connectivity index (χ1) is 13.2. The van der Waals surface area contributed by atoms with Crippen molar-refractivity contribution < 1.29 is 14.3 Å². The molecule has 0 spiro atoms. The Kier molecular flexibility index (Phi) is 6.68. The number of amides is 1. The molecule has 0 saturated carbocycles. The highest BCUT2D eigenvalue weighted by atomic mass is 16.5. The van der Waals surface area contributed by atoms with E-state index in [1.165, 1.54) is 5.69 Å². The number of benzene rings is 2. The number of methoxy groups -OCH3 is 2. The Morgan fingerprint density at radius 1 is 0.963 bits per heavy atom. The van der Waals surface area contributed by atoms with Crippen LogP contribution in [0.4, 0.5) is 11.4 Å². The van der Waals surface area contributed by atoms with Gasteiger partial charge >= 0.3 is 0 Å². The zero-order chi connectivity index (χ0) is 19.1. The van der Waals surface area contributed by atoms with E-state index in [2.05, 4.69) is 27.2 Å². The van der Waals surface area contributed by atoms with Gasteiger partial charge in [0.2, 0.25) is 0 Å². The van der Waals surface area contributed by atoms with Gasteiger partial charge in [-0.1, -0.05) is 0 Å². The van der Waals surface area contributed by atoms with Crippen LogP contribution < -0.4 is 15.0 Å². The molecule has 0 aromatic heterocycles. The van der Waals surface area contributed by atoms with Crippen molar-refractivity contribution in [1.29, 1.82) is 0 Å². The third kappa shape index (κ3) is 5.21. The minimum atomic E-state index is -0.128. The molecule has 0 atom stereocenters. The normalized spacial score (nSPS) is 14.8. The minimum Gasteiger partial charge on any atom is -0.497 e. The van der Waals surface area contributed by atoms with Gasteiger partial charge < -0.3 is 19.7 Å². The highest BCUT2D eigenvalue weighted by Crippen LogP contribution is 2.20. The summed E-state index contributed by atoms with van der Waals surface area (Å²) in [5, 5.41) is 2.94. The standard InChI is InChI=1S/C21H27N3O3/c1-26-16-15-23-11-13-24(14-12-23)19-7-5-18(6-8-19)22-21(25)17-3-9-20(27-2)10-4-17/h3-10H,11-16H2,1-2H3,(H,22,25). The third-order valence-electron chi connectivity index (χ3n) is 4.83. The SMILES string of the molecule is COCCN1CCN(c2ccc(NC(=O)c3ccc(OC)cc3)cc2)CC1. The molecule has 144 valence electrons. The first-order valence-corrected chi connectivity index (χ1v) is 9.21. The number of nitrogens with zero attached hydrogens (tertiary/aromatic N) is 2. The number of carbonyl (C=O) groups excluding carboxylic acids is 1. The fraction of sp³-hybridized carbons (Fsp3) is 0.381. The summed E-state index contributed by atoms with van der Waals surface area (Å²) in [7, 11) is 3.35. The van der Waals surface area contributed by atoms with E-state index in [-0.39, 0.29) is 5.91 Å². The largest absolute Gasteiger partial charge is 0.497 e. The third-order valence-corrected chi connectivity index (χ3v) is 4.83. The van der Waals surface area contributed by atoms with E-state index < -0.39 is 0 Å². The van der Waals surface area contributed by atoms with Gasteiger partial charge in [0.25, 0.3) is 5.91 Å². The van der Waals surface area contributed by atoms with Crippen LogP contribution in [0.5, 0.6) is 5.75 Å². The van der Waals surface area contributed by atoms with E-state index in [0.29, 0.717) is 5.56 Å². The lowest BCUT2D eigenvalue weighted by atomic mass is 10.2. The second-order valence-electron chi connectivity index (χ2n) is 6.55. The van der Waals surface area contributed by atoms with Gasteiger partial charge in [0.1, 0.15) is 5.75 Å². The summed E-state index contributed by atoms with van der Waals surface area (Å²) in [6.45, 7) is 5.85. The number of hydrogen-bond donors (Lipinski definition) is 1. The molecular weight excluding hydrogens is 342 g/mol. The van der Waals surface area contributed by atoms with Crippen LogP contribution in [0.3, 0.4) is 0 Å². The molecule has 1 saturated heterocycles. The van der Waals surface area contributed by atoms with Crippen molar-refractivity contribution >= 4 is 17.3 Å². The maximum absolute atomic E-state index is 12.3. The Bertz CT molecular complexity index is 723. The summed E-state index contributed by atoms with van der Waals surface area (Å²) in [4.78, 5) is 17.1. The number of piperazine rings is 1. The second-order valence-corrected chi connectivity index (χ2v) is 6.55. The van der Waals surface area contributed by atoms with Crippen LogP contribution in [0.1, 0.15) is 10.4 Å². The molecule has 0 bridgehead atoms. The summed E-state index contributed by atoms with van der Waals surface area (Å²) in [6.07, 6.45) is 0. The van der Waals surface area contributed by atoms with Crippen LogP contribution >= 0.6 is 0 Å². The topological polar surface area (TPSA) is 54.0 Å². The molecule has 0 unspecified atom stereocenters. The Balaban J connectivity index is 1.53. The first-order valence-electron chi connectivity index (χ1n) is 9.21. The lowest BCUT2D eigenvalue weighted by molar-refractivity contribution is 0.102. The number of carbonyl (C=O) groups is 1. The minimum absolute atomic E-state index is 0.128. The number of rotatable bonds is 7. The van der Waals surface area contributed by atoms with Crippen LogP contribution in [0.15, 0.2) is 48.5 Å². The molecule has 1 N–H and O–H groups in total. The number of anilines is 2. The molecule has 6 nitrogen and oxygen atoms in total. The van der Waals surface area contributed by atoms with E-state index in [1.807, 2.05) is 12.1 Å². The van der Waals surface area contributed by atoms with Gasteiger partial charge in [-0.05, 0) is 48.5 Å². The van der Waals surface area contributed by atoms with E-state index in [1.54, 1.807) is 38.5 Å². The van der Waals surface area contributed by atoms with Crippen molar-refractivity contribution in [2.24, 2.45) is 0 Å². The molecule has 2 aromatic rings. The molecule has 6 heteroatoms. The smallest absolute Gasteiger partial charge is 0.255 e. The summed E-state index contributed by atoms with van der Waals surface area (Å²) in [5.41, 5.74) is 2.58. The molecular formula is C21H27N3O3. The average Bonchev–Trinajstić information content (AvgIpc) is 2.73. The van der Waals surface area contributed by atoms with Crippen molar-refractivity contribution in [3.63, 3.8) is 0 Å². The molecule has 0 aliphatic carbocycles. The van der Waals surface area contributed by atoms with Gasteiger partial charge in [0.05, 0.1) is 13.7 Å². The maximum atomic E-state index is 12.3. The maximum Gasteiger partial charge on any atom is 0.255 e. The van der Waals surface area contributed by atoms with E-state index in [4.69, 9.17) is 9.47 Å². The van der Waals surface area contributed by atoms with Crippen molar-refractivity contribution in [1.82, 2.24) is 4.90 Å². The zero-order valence-corrected chi connectivity index (χ0v) is 16.0. The molecule has 2 aromatic carbocycles. The Morgan fingerprint density at radius 2 is 1.63 bits per heavy atom. The molecule has 1 heterocycles. The molecule has 1 fully saturated rings. The van der Waals surface area contributed by atoms with Gasteiger partial charge in [0.15, 0.2) is 0 Å². The van der Waals surface area contributed by atoms with Crippen molar-refractivity contribution in [2.75, 3.05) is 63.8 Å².